The zero-order chi connectivity index (χ0) is 14.0. The Morgan fingerprint density at radius 3 is 2.32 bits per heavy atom. The van der Waals surface area contributed by atoms with E-state index in [9.17, 15) is 4.79 Å². The van der Waals surface area contributed by atoms with Crippen molar-refractivity contribution in [3.8, 4) is 0 Å². The minimum atomic E-state index is -0.135. The van der Waals surface area contributed by atoms with Crippen molar-refractivity contribution in [3.63, 3.8) is 0 Å². The summed E-state index contributed by atoms with van der Waals surface area (Å²) in [5, 5.41) is 2.84. The molecule has 1 N–H and O–H groups in total. The van der Waals surface area contributed by atoms with E-state index in [0.29, 0.717) is 11.4 Å². The predicted molar refractivity (Wildman–Crippen MR) is 80.5 cm³/mol. The van der Waals surface area contributed by atoms with Crippen LogP contribution in [0.1, 0.15) is 27.0 Å². The number of aryl methyl sites for hydroxylation is 3. The second kappa shape index (κ2) is 5.53. The minimum absolute atomic E-state index is 0.135. The van der Waals surface area contributed by atoms with Crippen molar-refractivity contribution in [2.45, 2.75) is 20.8 Å². The Kier molecular flexibility index (Phi) is 4.00. The van der Waals surface area contributed by atoms with Crippen LogP contribution in [-0.2, 0) is 0 Å². The van der Waals surface area contributed by atoms with Crippen LogP contribution in [0.4, 0.5) is 5.82 Å². The van der Waals surface area contributed by atoms with Gasteiger partial charge in [0.15, 0.2) is 0 Å². The molecule has 0 aliphatic carbocycles. The third-order valence-electron chi connectivity index (χ3n) is 2.76. The van der Waals surface area contributed by atoms with Gasteiger partial charge in [-0.3, -0.25) is 4.79 Å². The highest BCUT2D eigenvalue weighted by Gasteiger charge is 2.09. The van der Waals surface area contributed by atoms with Gasteiger partial charge in [-0.1, -0.05) is 17.2 Å². The number of nitrogens with one attached hydrogen (secondary N) is 1. The molecule has 98 valence electrons. The van der Waals surface area contributed by atoms with E-state index in [0.717, 1.165) is 21.2 Å². The fraction of sp³-hybridized carbons (Fsp3) is 0.200. The molecule has 0 aliphatic heterocycles. The van der Waals surface area contributed by atoms with Crippen molar-refractivity contribution in [2.75, 3.05) is 5.32 Å². The maximum absolute atomic E-state index is 12.2. The van der Waals surface area contributed by atoms with E-state index < -0.39 is 0 Å². The summed E-state index contributed by atoms with van der Waals surface area (Å²) in [4.78, 5) is 16.4. The Labute approximate surface area is 121 Å². The predicted octanol–water partition coefficient (Wildman–Crippen LogP) is 4.02. The van der Waals surface area contributed by atoms with Crippen LogP contribution in [0.3, 0.4) is 0 Å². The van der Waals surface area contributed by atoms with Gasteiger partial charge in [-0.2, -0.15) is 0 Å². The van der Waals surface area contributed by atoms with Crippen LogP contribution in [0.25, 0.3) is 0 Å². The molecule has 19 heavy (non-hydrogen) atoms. The second-order valence-corrected chi connectivity index (χ2v) is 5.57. The molecule has 1 heterocycles. The molecular weight excluding hydrogens is 304 g/mol. The highest BCUT2D eigenvalue weighted by atomic mass is 79.9. The number of carbonyl (C=O) groups excluding carboxylic acids is 1. The molecule has 0 spiro atoms. The average Bonchev–Trinajstić information content (AvgIpc) is 2.31. The summed E-state index contributed by atoms with van der Waals surface area (Å²) in [6.07, 6.45) is 1.67. The van der Waals surface area contributed by atoms with Crippen molar-refractivity contribution in [1.82, 2.24) is 4.98 Å². The summed E-state index contributed by atoms with van der Waals surface area (Å²) < 4.78 is 0.898. The molecule has 0 fully saturated rings. The summed E-state index contributed by atoms with van der Waals surface area (Å²) in [6, 6.07) is 7.71. The summed E-state index contributed by atoms with van der Waals surface area (Å²) in [5.41, 5.74) is 3.73. The highest BCUT2D eigenvalue weighted by molar-refractivity contribution is 9.10. The molecule has 2 aromatic rings. The van der Waals surface area contributed by atoms with Crippen LogP contribution in [0.5, 0.6) is 0 Å². The standard InChI is InChI=1S/C15H15BrN2O/c1-9-4-10(2)6-12(5-9)15(19)18-14-11(3)7-13(16)8-17-14/h4-8H,1-3H3,(H,17,18,19). The zero-order valence-electron chi connectivity index (χ0n) is 11.1. The number of rotatable bonds is 2. The molecule has 0 atom stereocenters. The number of carbonyl (C=O) groups is 1. The smallest absolute Gasteiger partial charge is 0.256 e. The normalized spacial score (nSPS) is 10.3. The third-order valence-corrected chi connectivity index (χ3v) is 3.19. The van der Waals surface area contributed by atoms with Gasteiger partial charge in [0.25, 0.3) is 5.91 Å². The van der Waals surface area contributed by atoms with Gasteiger partial charge in [-0.25, -0.2) is 4.98 Å². The van der Waals surface area contributed by atoms with E-state index in [-0.39, 0.29) is 5.91 Å². The number of hydrogen-bond acceptors (Lipinski definition) is 2. The molecule has 0 bridgehead atoms. The van der Waals surface area contributed by atoms with Crippen LogP contribution in [-0.4, -0.2) is 10.9 Å². The number of anilines is 1. The summed E-state index contributed by atoms with van der Waals surface area (Å²) in [5.74, 6) is 0.456. The van der Waals surface area contributed by atoms with Crippen molar-refractivity contribution >= 4 is 27.7 Å². The highest BCUT2D eigenvalue weighted by Crippen LogP contribution is 2.18. The van der Waals surface area contributed by atoms with Crippen LogP contribution in [0, 0.1) is 20.8 Å². The summed E-state index contributed by atoms with van der Waals surface area (Å²) in [7, 11) is 0. The van der Waals surface area contributed by atoms with E-state index in [1.807, 2.05) is 45.0 Å². The molecule has 1 aromatic heterocycles. The lowest BCUT2D eigenvalue weighted by molar-refractivity contribution is 0.102. The molecule has 0 unspecified atom stereocenters. The van der Waals surface area contributed by atoms with E-state index in [4.69, 9.17) is 0 Å². The first kappa shape index (κ1) is 13.7. The van der Waals surface area contributed by atoms with Gasteiger partial charge in [0, 0.05) is 16.2 Å². The van der Waals surface area contributed by atoms with Crippen molar-refractivity contribution < 1.29 is 4.79 Å². The van der Waals surface area contributed by atoms with E-state index in [1.165, 1.54) is 0 Å². The van der Waals surface area contributed by atoms with Crippen molar-refractivity contribution in [2.24, 2.45) is 0 Å². The minimum Gasteiger partial charge on any atom is -0.306 e. The number of hydrogen-bond donors (Lipinski definition) is 1. The second-order valence-electron chi connectivity index (χ2n) is 4.65. The zero-order valence-corrected chi connectivity index (χ0v) is 12.7. The number of amides is 1. The van der Waals surface area contributed by atoms with Crippen LogP contribution in [0.2, 0.25) is 0 Å². The lowest BCUT2D eigenvalue weighted by atomic mass is 10.1. The average molecular weight is 319 g/mol. The Morgan fingerprint density at radius 2 is 1.74 bits per heavy atom. The first-order valence-electron chi connectivity index (χ1n) is 5.97. The van der Waals surface area contributed by atoms with Crippen LogP contribution < -0.4 is 5.32 Å². The van der Waals surface area contributed by atoms with Gasteiger partial charge in [-0.05, 0) is 60.5 Å². The molecule has 0 saturated carbocycles. The van der Waals surface area contributed by atoms with Gasteiger partial charge >= 0.3 is 0 Å². The number of halogens is 1. The molecule has 0 radical (unpaired) electrons. The molecule has 0 saturated heterocycles. The lowest BCUT2D eigenvalue weighted by Crippen LogP contribution is -2.14. The molecule has 3 nitrogen and oxygen atoms in total. The molecule has 4 heteroatoms. The van der Waals surface area contributed by atoms with Gasteiger partial charge < -0.3 is 5.32 Å². The lowest BCUT2D eigenvalue weighted by Gasteiger charge is -2.09. The molecular formula is C15H15BrN2O. The van der Waals surface area contributed by atoms with E-state index in [2.05, 4.69) is 26.2 Å². The van der Waals surface area contributed by atoms with Crippen LogP contribution >= 0.6 is 15.9 Å². The Bertz CT molecular complexity index is 618. The van der Waals surface area contributed by atoms with Gasteiger partial charge in [0.2, 0.25) is 0 Å². The molecule has 1 amide bonds. The van der Waals surface area contributed by atoms with Crippen LogP contribution in [0.15, 0.2) is 34.9 Å². The number of nitrogens with zero attached hydrogens (tertiary/aromatic N) is 1. The van der Waals surface area contributed by atoms with Gasteiger partial charge in [-0.15, -0.1) is 0 Å². The van der Waals surface area contributed by atoms with E-state index >= 15 is 0 Å². The van der Waals surface area contributed by atoms with Gasteiger partial charge in [0.05, 0.1) is 0 Å². The largest absolute Gasteiger partial charge is 0.306 e. The van der Waals surface area contributed by atoms with Crippen molar-refractivity contribution in [3.05, 3.63) is 57.2 Å². The maximum atomic E-state index is 12.2. The third kappa shape index (κ3) is 3.41. The summed E-state index contributed by atoms with van der Waals surface area (Å²) in [6.45, 7) is 5.87. The van der Waals surface area contributed by atoms with Gasteiger partial charge in [0.1, 0.15) is 5.82 Å². The Morgan fingerprint density at radius 1 is 1.11 bits per heavy atom. The number of pyridine rings is 1. The number of aromatic nitrogens is 1. The Balaban J connectivity index is 2.25. The monoisotopic (exact) mass is 318 g/mol. The first-order chi connectivity index (χ1) is 8.95. The molecule has 2 rings (SSSR count). The first-order valence-corrected chi connectivity index (χ1v) is 6.77. The quantitative estimate of drug-likeness (QED) is 0.908. The number of benzene rings is 1. The topological polar surface area (TPSA) is 42.0 Å². The molecule has 0 aliphatic rings. The maximum Gasteiger partial charge on any atom is 0.256 e. The molecule has 1 aromatic carbocycles. The SMILES string of the molecule is Cc1cc(C)cc(C(=O)Nc2ncc(Br)cc2C)c1. The fourth-order valence-electron chi connectivity index (χ4n) is 1.96. The summed E-state index contributed by atoms with van der Waals surface area (Å²) >= 11 is 3.35. The fourth-order valence-corrected chi connectivity index (χ4v) is 2.40. The van der Waals surface area contributed by atoms with Crippen molar-refractivity contribution in [1.29, 1.82) is 0 Å². The van der Waals surface area contributed by atoms with E-state index in [1.54, 1.807) is 6.20 Å². The Hall–Kier alpha value is -1.68.